The molecular weight excluding hydrogens is 62.1 g/mol. The molecule has 0 bridgehead atoms. The summed E-state index contributed by atoms with van der Waals surface area (Å²) in [6.45, 7) is 2.01. The second-order valence-corrected chi connectivity index (χ2v) is 0.735. The van der Waals surface area contributed by atoms with Gasteiger partial charge in [-0.2, -0.15) is 0 Å². The van der Waals surface area contributed by atoms with Crippen LogP contribution in [0.1, 0.15) is 13.3 Å². The molecule has 5 heavy (non-hydrogen) atoms. The summed E-state index contributed by atoms with van der Waals surface area (Å²) in [7, 11) is 1.73. The highest BCUT2D eigenvalue weighted by atomic mass is 14.6. The van der Waals surface area contributed by atoms with Crippen molar-refractivity contribution in [3.05, 3.63) is 4.85 Å². The summed E-state index contributed by atoms with van der Waals surface area (Å²) in [6.07, 6.45) is 0.927. The van der Waals surface area contributed by atoms with Gasteiger partial charge in [-0.25, -0.2) is 0 Å². The molecule has 1 nitrogen and oxygen atoms in total. The Morgan fingerprint density at radius 3 is 2.40 bits per heavy atom. The minimum atomic E-state index is 0.927. The van der Waals surface area contributed by atoms with Gasteiger partial charge < -0.3 is 0 Å². The summed E-state index contributed by atoms with van der Waals surface area (Å²) in [4.78, 5) is 3.60. The van der Waals surface area contributed by atoms with E-state index < -0.39 is 0 Å². The van der Waals surface area contributed by atoms with Crippen molar-refractivity contribution in [3.8, 4) is 6.07 Å². The van der Waals surface area contributed by atoms with Crippen LogP contribution in [-0.2, 0) is 0 Å². The molecule has 0 N–H and O–H groups in total. The molecule has 0 aliphatic carbocycles. The van der Waals surface area contributed by atoms with E-state index in [4.69, 9.17) is 0 Å². The van der Waals surface area contributed by atoms with Crippen molar-refractivity contribution in [2.75, 3.05) is 7.05 Å². The molecular formula is C4H8N+. The van der Waals surface area contributed by atoms with Crippen molar-refractivity contribution >= 4 is 0 Å². The fourth-order valence-electron chi connectivity index (χ4n) is 0.158. The summed E-state index contributed by atoms with van der Waals surface area (Å²) in [5.74, 6) is 0. The zero-order valence-electron chi connectivity index (χ0n) is 3.65. The smallest absolute Gasteiger partial charge is 0.0870 e. The lowest BCUT2D eigenvalue weighted by atomic mass is 10.6. The van der Waals surface area contributed by atoms with Crippen molar-refractivity contribution in [1.82, 2.24) is 0 Å². The molecule has 0 aliphatic rings. The van der Waals surface area contributed by atoms with Crippen LogP contribution in [0.4, 0.5) is 0 Å². The maximum absolute atomic E-state index is 3.60. The van der Waals surface area contributed by atoms with Crippen molar-refractivity contribution in [3.63, 3.8) is 0 Å². The van der Waals surface area contributed by atoms with E-state index in [2.05, 4.69) is 10.9 Å². The van der Waals surface area contributed by atoms with E-state index in [0.29, 0.717) is 0 Å². The monoisotopic (exact) mass is 70.1 g/mol. The van der Waals surface area contributed by atoms with Crippen LogP contribution in [0.15, 0.2) is 0 Å². The molecule has 0 spiro atoms. The van der Waals surface area contributed by atoms with Crippen molar-refractivity contribution in [2.24, 2.45) is 0 Å². The van der Waals surface area contributed by atoms with Gasteiger partial charge in [0.15, 0.2) is 0 Å². The summed E-state index contributed by atoms with van der Waals surface area (Å²) < 4.78 is 0. The van der Waals surface area contributed by atoms with E-state index >= 15 is 0 Å². The van der Waals surface area contributed by atoms with Gasteiger partial charge >= 0.3 is 0 Å². The highest BCUT2D eigenvalue weighted by Gasteiger charge is 1.64. The van der Waals surface area contributed by atoms with Crippen LogP contribution in [0, 0.1) is 6.07 Å². The third-order valence-corrected chi connectivity index (χ3v) is 0.316. The molecule has 0 aromatic rings. The van der Waals surface area contributed by atoms with Crippen molar-refractivity contribution < 1.29 is 0 Å². The van der Waals surface area contributed by atoms with Crippen LogP contribution in [0.25, 0.3) is 4.85 Å². The Kier molecular flexibility index (Phi) is 3.13. The molecule has 1 heteroatoms. The molecule has 0 saturated carbocycles. The molecule has 0 aromatic heterocycles. The third-order valence-electron chi connectivity index (χ3n) is 0.316. The first kappa shape index (κ1) is 4.49. The Morgan fingerprint density at radius 2 is 2.40 bits per heavy atom. The maximum atomic E-state index is 3.60. The SMILES string of the molecule is CCC#[N+]C. The molecule has 0 rings (SSSR count). The van der Waals surface area contributed by atoms with Gasteiger partial charge in [0.2, 0.25) is 0 Å². The number of hydrogen-bond donors (Lipinski definition) is 0. The highest BCUT2D eigenvalue weighted by molar-refractivity contribution is 4.79. The Balaban J connectivity index is 2.81. The van der Waals surface area contributed by atoms with Gasteiger partial charge in [-0.3, -0.25) is 0 Å². The average Bonchev–Trinajstić information content (AvgIpc) is 1.41. The summed E-state index contributed by atoms with van der Waals surface area (Å²) in [5.41, 5.74) is 0. The standard InChI is InChI=1S/C4H8N/c1-3-4-5-2/h3H2,1-2H3/q+1. The predicted octanol–water partition coefficient (Wildman–Crippen LogP) is 1.36. The van der Waals surface area contributed by atoms with E-state index in [9.17, 15) is 0 Å². The summed E-state index contributed by atoms with van der Waals surface area (Å²) in [5, 5.41) is 0. The molecule has 28 valence electrons. The van der Waals surface area contributed by atoms with E-state index in [-0.39, 0.29) is 0 Å². The molecule has 0 atom stereocenters. The lowest BCUT2D eigenvalue weighted by Crippen LogP contribution is -1.43. The van der Waals surface area contributed by atoms with Crippen LogP contribution >= 0.6 is 0 Å². The van der Waals surface area contributed by atoms with Gasteiger partial charge in [0.05, 0.1) is 6.42 Å². The first-order valence-corrected chi connectivity index (χ1v) is 1.73. The molecule has 0 amide bonds. The molecule has 0 radical (unpaired) electrons. The van der Waals surface area contributed by atoms with Crippen LogP contribution in [0.5, 0.6) is 0 Å². The molecule has 0 unspecified atom stereocenters. The Morgan fingerprint density at radius 1 is 1.80 bits per heavy atom. The first-order chi connectivity index (χ1) is 2.41. The topological polar surface area (TPSA) is 4.36 Å². The normalized spacial score (nSPS) is 5.20. The van der Waals surface area contributed by atoms with Gasteiger partial charge in [0, 0.05) is 0 Å². The van der Waals surface area contributed by atoms with Gasteiger partial charge in [-0.05, 0) is 6.92 Å². The minimum Gasteiger partial charge on any atom is -0.0870 e. The number of nitrogens with zero attached hydrogens (tertiary/aromatic N) is 1. The number of rotatable bonds is 0. The Hall–Kier alpha value is -0.510. The fourth-order valence-corrected chi connectivity index (χ4v) is 0.158. The third kappa shape index (κ3) is 3.49. The Bertz CT molecular complexity index is 55.8. The van der Waals surface area contributed by atoms with Crippen molar-refractivity contribution in [1.29, 1.82) is 0 Å². The predicted molar refractivity (Wildman–Crippen MR) is 23.5 cm³/mol. The zero-order chi connectivity index (χ0) is 4.12. The molecule has 0 fully saturated rings. The second-order valence-electron chi connectivity index (χ2n) is 0.735. The van der Waals surface area contributed by atoms with Gasteiger partial charge in [0.1, 0.15) is 0 Å². The van der Waals surface area contributed by atoms with Gasteiger partial charge in [0.25, 0.3) is 13.1 Å². The van der Waals surface area contributed by atoms with Crippen molar-refractivity contribution in [2.45, 2.75) is 13.3 Å². The van der Waals surface area contributed by atoms with E-state index in [1.165, 1.54) is 0 Å². The molecule has 0 saturated heterocycles. The minimum absolute atomic E-state index is 0.927. The van der Waals surface area contributed by atoms with Gasteiger partial charge in [-0.1, -0.05) is 4.85 Å². The fraction of sp³-hybridized carbons (Fsp3) is 0.750. The van der Waals surface area contributed by atoms with Crippen LogP contribution in [-0.4, -0.2) is 7.05 Å². The zero-order valence-corrected chi connectivity index (χ0v) is 3.65. The summed E-state index contributed by atoms with van der Waals surface area (Å²) in [6, 6.07) is 2.74. The van der Waals surface area contributed by atoms with Crippen LogP contribution in [0.2, 0.25) is 0 Å². The second kappa shape index (κ2) is 3.49. The molecule has 0 aromatic carbocycles. The average molecular weight is 70.1 g/mol. The highest BCUT2D eigenvalue weighted by Crippen LogP contribution is 1.64. The lowest BCUT2D eigenvalue weighted by molar-refractivity contribution is 1.27. The van der Waals surface area contributed by atoms with E-state index in [1.54, 1.807) is 7.05 Å². The van der Waals surface area contributed by atoms with E-state index in [1.807, 2.05) is 6.92 Å². The van der Waals surface area contributed by atoms with Gasteiger partial charge in [-0.15, -0.1) is 0 Å². The lowest BCUT2D eigenvalue weighted by Gasteiger charge is -1.43. The first-order valence-electron chi connectivity index (χ1n) is 1.73. The van der Waals surface area contributed by atoms with E-state index in [0.717, 1.165) is 6.42 Å². The quantitative estimate of drug-likeness (QED) is 0.405. The van der Waals surface area contributed by atoms with Crippen LogP contribution in [0.3, 0.4) is 0 Å². The van der Waals surface area contributed by atoms with Crippen LogP contribution < -0.4 is 0 Å². The maximum Gasteiger partial charge on any atom is 0.272 e. The Labute approximate surface area is 32.4 Å². The summed E-state index contributed by atoms with van der Waals surface area (Å²) >= 11 is 0. The largest absolute Gasteiger partial charge is 0.272 e. The molecule has 0 heterocycles. The number of hydrogen-bond acceptors (Lipinski definition) is 0. The molecule has 0 aliphatic heterocycles.